The summed E-state index contributed by atoms with van der Waals surface area (Å²) in [7, 11) is -1.22. The molecule has 3 heterocycles. The Kier molecular flexibility index (Phi) is 8.51. The number of piperazine rings is 1. The second kappa shape index (κ2) is 11.6. The summed E-state index contributed by atoms with van der Waals surface area (Å²) in [5.74, 6) is -1.05. The van der Waals surface area contributed by atoms with Crippen molar-refractivity contribution in [2.75, 3.05) is 39.3 Å². The molecule has 1 aliphatic carbocycles. The predicted molar refractivity (Wildman–Crippen MR) is 163 cm³/mol. The van der Waals surface area contributed by atoms with E-state index < -0.39 is 19.7 Å². The van der Waals surface area contributed by atoms with E-state index in [4.69, 9.17) is 4.74 Å². The molecule has 0 amide bonds. The van der Waals surface area contributed by atoms with Crippen LogP contribution in [0.2, 0.25) is 25.7 Å². The second-order valence-corrected chi connectivity index (χ2v) is 19.8. The Morgan fingerprint density at radius 3 is 2.62 bits per heavy atom. The molecule has 0 bridgehead atoms. The molecule has 1 N–H and O–H groups in total. The number of allylic oxidation sites excluding steroid dienone is 1. The molecule has 212 valence electrons. The summed E-state index contributed by atoms with van der Waals surface area (Å²) in [5.41, 5.74) is 5.04. The fourth-order valence-electron chi connectivity index (χ4n) is 5.77. The number of nitrogens with zero attached hydrogens (tertiary/aromatic N) is 2. The molecular weight excluding hydrogens is 529 g/mol. The van der Waals surface area contributed by atoms with Gasteiger partial charge >= 0.3 is 0 Å². The van der Waals surface area contributed by atoms with Crippen molar-refractivity contribution >= 4 is 35.9 Å². The molecular formula is C31H43F2N3OSSi. The van der Waals surface area contributed by atoms with Gasteiger partial charge in [0.05, 0.1) is 5.52 Å². The van der Waals surface area contributed by atoms with Gasteiger partial charge in [0.2, 0.25) is 0 Å². The van der Waals surface area contributed by atoms with E-state index in [1.807, 2.05) is 16.1 Å². The maximum atomic E-state index is 15.5. The van der Waals surface area contributed by atoms with Crippen molar-refractivity contribution in [3.8, 4) is 11.1 Å². The molecule has 39 heavy (non-hydrogen) atoms. The van der Waals surface area contributed by atoms with Crippen LogP contribution in [-0.2, 0) is 11.5 Å². The molecule has 1 aromatic carbocycles. The van der Waals surface area contributed by atoms with Crippen molar-refractivity contribution in [1.29, 1.82) is 0 Å². The number of aromatic nitrogens is 1. The summed E-state index contributed by atoms with van der Waals surface area (Å²) in [5, 5.41) is 5.93. The molecule has 0 atom stereocenters. The minimum atomic E-state index is -1.22. The smallest absolute Gasteiger partial charge is 0.136 e. The van der Waals surface area contributed by atoms with Crippen LogP contribution in [0.5, 0.6) is 0 Å². The van der Waals surface area contributed by atoms with Crippen molar-refractivity contribution < 1.29 is 13.5 Å². The Labute approximate surface area is 237 Å². The van der Waals surface area contributed by atoms with Crippen molar-refractivity contribution in [3.05, 3.63) is 51.9 Å². The first-order valence-corrected chi connectivity index (χ1v) is 18.9. The zero-order valence-corrected chi connectivity index (χ0v) is 25.9. The van der Waals surface area contributed by atoms with Crippen LogP contribution in [0.3, 0.4) is 0 Å². The molecule has 2 aliphatic rings. The van der Waals surface area contributed by atoms with Crippen LogP contribution in [0, 0.1) is 17.0 Å². The van der Waals surface area contributed by atoms with Crippen LogP contribution < -0.4 is 5.32 Å². The van der Waals surface area contributed by atoms with E-state index in [1.165, 1.54) is 22.4 Å². The number of halogens is 2. The molecule has 5 rings (SSSR count). The van der Waals surface area contributed by atoms with Crippen LogP contribution in [0.1, 0.15) is 38.0 Å². The average Bonchev–Trinajstić information content (AvgIpc) is 3.51. The van der Waals surface area contributed by atoms with Crippen LogP contribution in [0.25, 0.3) is 27.6 Å². The Morgan fingerprint density at radius 1 is 1.10 bits per heavy atom. The lowest BCUT2D eigenvalue weighted by Crippen LogP contribution is -2.44. The fraction of sp³-hybridized carbons (Fsp3) is 0.548. The number of hydrogen-bond donors (Lipinski definition) is 1. The maximum Gasteiger partial charge on any atom is 0.136 e. The topological polar surface area (TPSA) is 29.4 Å². The summed E-state index contributed by atoms with van der Waals surface area (Å²) < 4.78 is 38.2. The van der Waals surface area contributed by atoms with Crippen LogP contribution >= 0.6 is 11.3 Å². The highest BCUT2D eigenvalue weighted by Gasteiger charge is 2.30. The number of fused-ring (bicyclic) bond motifs is 1. The zero-order valence-electron chi connectivity index (χ0n) is 24.1. The van der Waals surface area contributed by atoms with E-state index in [1.54, 1.807) is 17.4 Å². The maximum absolute atomic E-state index is 15.5. The normalized spacial score (nSPS) is 18.8. The monoisotopic (exact) mass is 571 g/mol. The summed E-state index contributed by atoms with van der Waals surface area (Å²) in [6.45, 7) is 17.8. The van der Waals surface area contributed by atoms with E-state index in [2.05, 4.69) is 49.8 Å². The van der Waals surface area contributed by atoms with Crippen molar-refractivity contribution in [1.82, 2.24) is 14.8 Å². The molecule has 1 saturated heterocycles. The molecule has 0 spiro atoms. The van der Waals surface area contributed by atoms with Gasteiger partial charge in [-0.1, -0.05) is 39.1 Å². The summed E-state index contributed by atoms with van der Waals surface area (Å²) >= 11 is 1.69. The number of rotatable bonds is 9. The highest BCUT2D eigenvalue weighted by molar-refractivity contribution is 7.11. The summed E-state index contributed by atoms with van der Waals surface area (Å²) in [4.78, 5) is 3.76. The largest absolute Gasteiger partial charge is 0.361 e. The van der Waals surface area contributed by atoms with Gasteiger partial charge in [0.25, 0.3) is 0 Å². The molecule has 8 heteroatoms. The Hall–Kier alpha value is -1.84. The lowest BCUT2D eigenvalue weighted by molar-refractivity contribution is 0.0902. The van der Waals surface area contributed by atoms with Gasteiger partial charge in [-0.15, -0.1) is 11.3 Å². The van der Waals surface area contributed by atoms with E-state index >= 15 is 4.39 Å². The highest BCUT2D eigenvalue weighted by Crippen LogP contribution is 2.46. The number of thiophene rings is 1. The minimum absolute atomic E-state index is 0.239. The number of hydrogen-bond acceptors (Lipinski definition) is 4. The third-order valence-corrected chi connectivity index (χ3v) is 10.9. The second-order valence-electron chi connectivity index (χ2n) is 13.3. The first-order chi connectivity index (χ1) is 18.5. The van der Waals surface area contributed by atoms with Gasteiger partial charge < -0.3 is 14.6 Å². The third kappa shape index (κ3) is 6.73. The number of benzene rings is 1. The Balaban J connectivity index is 1.49. The molecule has 0 radical (unpaired) electrons. The van der Waals surface area contributed by atoms with Crippen molar-refractivity contribution in [2.24, 2.45) is 5.41 Å². The van der Waals surface area contributed by atoms with Crippen molar-refractivity contribution in [3.63, 3.8) is 0 Å². The molecule has 1 fully saturated rings. The molecule has 1 aliphatic heterocycles. The lowest BCUT2D eigenvalue weighted by Gasteiger charge is -2.36. The highest BCUT2D eigenvalue weighted by atomic mass is 32.1. The zero-order chi connectivity index (χ0) is 27.8. The predicted octanol–water partition coefficient (Wildman–Crippen LogP) is 7.83. The van der Waals surface area contributed by atoms with Gasteiger partial charge in [-0.25, -0.2) is 8.78 Å². The van der Waals surface area contributed by atoms with E-state index in [-0.39, 0.29) is 12.1 Å². The molecule has 2 aromatic heterocycles. The number of ether oxygens (including phenoxy) is 1. The molecule has 0 saturated carbocycles. The molecule has 4 nitrogen and oxygen atoms in total. The summed E-state index contributed by atoms with van der Waals surface area (Å²) in [6, 6.07) is 5.96. The number of nitrogens with one attached hydrogen (secondary N) is 1. The van der Waals surface area contributed by atoms with Crippen LogP contribution in [-0.4, -0.2) is 56.9 Å². The van der Waals surface area contributed by atoms with E-state index in [0.29, 0.717) is 23.1 Å². The standard InChI is InChI=1S/C31H43F2N3OSSi/c1-31(2)8-6-22(19-35-12-9-34-10-13-35)25(18-31)28-16-23(20-38-28)29-27(33)17-26(32)24-7-11-36(30(24)29)21-37-14-15-39(3,4)5/h7,11,16-17,20,34H,6,8-10,12-15,18-19,21H2,1-5H3. The van der Waals surface area contributed by atoms with Gasteiger partial charge in [-0.3, -0.25) is 4.90 Å². The Morgan fingerprint density at radius 2 is 1.87 bits per heavy atom. The van der Waals surface area contributed by atoms with Gasteiger partial charge in [0, 0.05) is 75.5 Å². The van der Waals surface area contributed by atoms with Gasteiger partial charge in [0.1, 0.15) is 18.4 Å². The molecule has 0 unspecified atom stereocenters. The van der Waals surface area contributed by atoms with E-state index in [9.17, 15) is 4.39 Å². The fourth-order valence-corrected chi connectivity index (χ4v) is 7.52. The first-order valence-electron chi connectivity index (χ1n) is 14.3. The van der Waals surface area contributed by atoms with Gasteiger partial charge in [0.15, 0.2) is 0 Å². The Bertz CT molecular complexity index is 1350. The third-order valence-electron chi connectivity index (χ3n) is 8.17. The van der Waals surface area contributed by atoms with Crippen LogP contribution in [0.4, 0.5) is 8.78 Å². The van der Waals surface area contributed by atoms with Gasteiger partial charge in [-0.05, 0) is 59.4 Å². The lowest BCUT2D eigenvalue weighted by atomic mass is 9.73. The average molecular weight is 572 g/mol. The SMILES string of the molecule is CC1(C)CCC(CN2CCNCC2)=C(c2cc(-c3c(F)cc(F)c4ccn(COCC[Si](C)(C)C)c34)cs2)C1. The van der Waals surface area contributed by atoms with Crippen molar-refractivity contribution in [2.45, 2.75) is 65.5 Å². The minimum Gasteiger partial charge on any atom is -0.361 e. The first kappa shape index (κ1) is 28.7. The van der Waals surface area contributed by atoms with E-state index in [0.717, 1.165) is 63.2 Å². The van der Waals surface area contributed by atoms with Crippen LogP contribution in [0.15, 0.2) is 35.3 Å². The quantitative estimate of drug-likeness (QED) is 0.210. The summed E-state index contributed by atoms with van der Waals surface area (Å²) in [6.07, 6.45) is 5.13. The molecule has 3 aromatic rings. The van der Waals surface area contributed by atoms with Gasteiger partial charge in [-0.2, -0.15) is 0 Å².